The van der Waals surface area contributed by atoms with E-state index in [-0.39, 0.29) is 11.8 Å². The topological polar surface area (TPSA) is 37.4 Å². The predicted molar refractivity (Wildman–Crippen MR) is 35.9 cm³/mol. The van der Waals surface area contributed by atoms with Gasteiger partial charge in [0.1, 0.15) is 0 Å². The fourth-order valence-electron chi connectivity index (χ4n) is 0.833. The summed E-state index contributed by atoms with van der Waals surface area (Å²) in [6.45, 7) is 1.74. The molecule has 54 valence electrons. The van der Waals surface area contributed by atoms with Crippen molar-refractivity contribution < 1.29 is 9.59 Å². The summed E-state index contributed by atoms with van der Waals surface area (Å²) in [4.78, 5) is 22.9. The molecule has 2 amide bonds. The van der Waals surface area contributed by atoms with Crippen molar-refractivity contribution in [1.29, 1.82) is 0 Å². The number of rotatable bonds is 1. The number of hydrogen-bond acceptors (Lipinski definition) is 2. The van der Waals surface area contributed by atoms with Gasteiger partial charge in [0, 0.05) is 19.0 Å². The minimum atomic E-state index is -0.126. The highest BCUT2D eigenvalue weighted by molar-refractivity contribution is 5.98. The second-order valence-corrected chi connectivity index (χ2v) is 2.10. The van der Waals surface area contributed by atoms with Gasteiger partial charge in [-0.2, -0.15) is 0 Å². The van der Waals surface area contributed by atoms with Crippen LogP contribution in [0.3, 0.4) is 0 Å². The number of carbonyl (C=O) groups is 2. The Labute approximate surface area is 59.3 Å². The molecule has 0 bridgehead atoms. The Bertz CT molecular complexity index is 196. The first-order valence-electron chi connectivity index (χ1n) is 3.27. The van der Waals surface area contributed by atoms with E-state index >= 15 is 0 Å². The van der Waals surface area contributed by atoms with Gasteiger partial charge in [0.25, 0.3) is 0 Å². The van der Waals surface area contributed by atoms with Crippen LogP contribution in [0.1, 0.15) is 19.8 Å². The van der Waals surface area contributed by atoms with E-state index in [1.54, 1.807) is 13.0 Å². The summed E-state index contributed by atoms with van der Waals surface area (Å²) in [7, 11) is 0. The molecular formula is C7H9NO2. The number of amides is 2. The van der Waals surface area contributed by atoms with E-state index in [4.69, 9.17) is 0 Å². The lowest BCUT2D eigenvalue weighted by Crippen LogP contribution is -2.27. The van der Waals surface area contributed by atoms with Crippen molar-refractivity contribution in [1.82, 2.24) is 4.90 Å². The molecule has 0 fully saturated rings. The van der Waals surface area contributed by atoms with Gasteiger partial charge in [0.2, 0.25) is 11.8 Å². The normalized spacial score (nSPS) is 16.5. The van der Waals surface area contributed by atoms with Crippen LogP contribution >= 0.6 is 0 Å². The Morgan fingerprint density at radius 1 is 1.80 bits per heavy atom. The van der Waals surface area contributed by atoms with Gasteiger partial charge in [-0.25, -0.2) is 0 Å². The van der Waals surface area contributed by atoms with Crippen LogP contribution in [0, 0.1) is 0 Å². The highest BCUT2D eigenvalue weighted by atomic mass is 16.2. The summed E-state index contributed by atoms with van der Waals surface area (Å²) in [5, 5.41) is 0. The Balaban J connectivity index is 2.64. The minimum Gasteiger partial charge on any atom is -0.274 e. The zero-order valence-corrected chi connectivity index (χ0v) is 5.83. The molecule has 1 aliphatic rings. The van der Waals surface area contributed by atoms with Gasteiger partial charge in [0.15, 0.2) is 0 Å². The first-order chi connectivity index (χ1) is 4.75. The van der Waals surface area contributed by atoms with Gasteiger partial charge in [-0.05, 0) is 0 Å². The van der Waals surface area contributed by atoms with Gasteiger partial charge in [-0.1, -0.05) is 13.0 Å². The van der Waals surface area contributed by atoms with E-state index in [0.717, 1.165) is 0 Å². The molecule has 1 aliphatic heterocycles. The van der Waals surface area contributed by atoms with Crippen molar-refractivity contribution in [3.05, 3.63) is 12.3 Å². The first-order valence-corrected chi connectivity index (χ1v) is 3.27. The van der Waals surface area contributed by atoms with E-state index in [2.05, 4.69) is 0 Å². The third kappa shape index (κ3) is 1.07. The number of imide groups is 1. The summed E-state index contributed by atoms with van der Waals surface area (Å²) in [6, 6.07) is 0. The van der Waals surface area contributed by atoms with E-state index in [1.165, 1.54) is 11.1 Å². The molecule has 0 radical (unpaired) electrons. The average molecular weight is 139 g/mol. The molecule has 0 aromatic heterocycles. The summed E-state index contributed by atoms with van der Waals surface area (Å²) in [6.07, 6.45) is 3.98. The molecule has 0 spiro atoms. The van der Waals surface area contributed by atoms with Gasteiger partial charge < -0.3 is 0 Å². The largest absolute Gasteiger partial charge is 0.274 e. The second kappa shape index (κ2) is 2.64. The number of carbonyl (C=O) groups excluding carboxylic acids is 2. The van der Waals surface area contributed by atoms with Crippen LogP contribution in [0.25, 0.3) is 0 Å². The van der Waals surface area contributed by atoms with Crippen molar-refractivity contribution in [2.24, 2.45) is 0 Å². The average Bonchev–Trinajstić information content (AvgIpc) is 2.34. The number of hydrogen-bond donors (Lipinski definition) is 0. The molecule has 1 rings (SSSR count). The smallest absolute Gasteiger partial charge is 0.237 e. The Morgan fingerprint density at radius 2 is 2.50 bits per heavy atom. The van der Waals surface area contributed by atoms with E-state index in [9.17, 15) is 9.59 Å². The van der Waals surface area contributed by atoms with Crippen molar-refractivity contribution >= 4 is 11.8 Å². The van der Waals surface area contributed by atoms with Crippen LogP contribution in [0.2, 0.25) is 0 Å². The standard InChI is InChI=1S/C7H9NO2/c1-2-6(9)8-5-3-4-7(8)10/h3,5H,2,4H2,1H3. The summed E-state index contributed by atoms with van der Waals surface area (Å²) >= 11 is 0. The van der Waals surface area contributed by atoms with Crippen molar-refractivity contribution in [2.75, 3.05) is 0 Å². The highest BCUT2D eigenvalue weighted by Gasteiger charge is 2.19. The molecule has 0 aromatic rings. The summed E-state index contributed by atoms with van der Waals surface area (Å²) in [5.74, 6) is -0.245. The van der Waals surface area contributed by atoms with E-state index < -0.39 is 0 Å². The fraction of sp³-hybridized carbons (Fsp3) is 0.429. The number of nitrogens with zero attached hydrogens (tertiary/aromatic N) is 1. The van der Waals surface area contributed by atoms with Crippen molar-refractivity contribution in [2.45, 2.75) is 19.8 Å². The molecule has 0 aliphatic carbocycles. The molecule has 0 saturated heterocycles. The quantitative estimate of drug-likeness (QED) is 0.535. The molecule has 1 heterocycles. The molecule has 10 heavy (non-hydrogen) atoms. The van der Waals surface area contributed by atoms with Crippen LogP contribution in [0.4, 0.5) is 0 Å². The molecule has 0 saturated carbocycles. The molecule has 0 unspecified atom stereocenters. The third-order valence-electron chi connectivity index (χ3n) is 1.39. The van der Waals surface area contributed by atoms with Crippen LogP contribution in [0.5, 0.6) is 0 Å². The first kappa shape index (κ1) is 6.99. The van der Waals surface area contributed by atoms with Crippen LogP contribution in [-0.2, 0) is 9.59 Å². The fourth-order valence-corrected chi connectivity index (χ4v) is 0.833. The third-order valence-corrected chi connectivity index (χ3v) is 1.39. The van der Waals surface area contributed by atoms with E-state index in [0.29, 0.717) is 12.8 Å². The van der Waals surface area contributed by atoms with Crippen molar-refractivity contribution in [3.8, 4) is 0 Å². The Kier molecular flexibility index (Phi) is 1.85. The lowest BCUT2D eigenvalue weighted by atomic mass is 10.4. The monoisotopic (exact) mass is 139 g/mol. The summed E-state index contributed by atoms with van der Waals surface area (Å²) < 4.78 is 0. The van der Waals surface area contributed by atoms with Crippen LogP contribution in [-0.4, -0.2) is 16.7 Å². The zero-order valence-electron chi connectivity index (χ0n) is 5.83. The second-order valence-electron chi connectivity index (χ2n) is 2.10. The molecule has 0 atom stereocenters. The lowest BCUT2D eigenvalue weighted by Gasteiger charge is -2.08. The maximum Gasteiger partial charge on any atom is 0.237 e. The van der Waals surface area contributed by atoms with E-state index in [1.807, 2.05) is 0 Å². The maximum atomic E-state index is 10.9. The molecule has 3 heteroatoms. The Hall–Kier alpha value is -1.12. The lowest BCUT2D eigenvalue weighted by molar-refractivity contribution is -0.139. The van der Waals surface area contributed by atoms with Gasteiger partial charge >= 0.3 is 0 Å². The zero-order chi connectivity index (χ0) is 7.56. The molecule has 3 nitrogen and oxygen atoms in total. The summed E-state index contributed by atoms with van der Waals surface area (Å²) in [5.41, 5.74) is 0. The SMILES string of the molecule is CCC(=O)N1C=CCC1=O. The van der Waals surface area contributed by atoms with Gasteiger partial charge in [-0.15, -0.1) is 0 Å². The molecule has 0 N–H and O–H groups in total. The molecular weight excluding hydrogens is 130 g/mol. The van der Waals surface area contributed by atoms with Crippen LogP contribution < -0.4 is 0 Å². The highest BCUT2D eigenvalue weighted by Crippen LogP contribution is 2.07. The maximum absolute atomic E-state index is 10.9. The predicted octanol–water partition coefficient (Wildman–Crippen LogP) is 0.669. The Morgan fingerprint density at radius 3 is 2.90 bits per heavy atom. The van der Waals surface area contributed by atoms with Crippen LogP contribution in [0.15, 0.2) is 12.3 Å². The van der Waals surface area contributed by atoms with Gasteiger partial charge in [-0.3, -0.25) is 14.5 Å². The minimum absolute atomic E-state index is 0.119. The molecule has 0 aromatic carbocycles. The van der Waals surface area contributed by atoms with Crippen molar-refractivity contribution in [3.63, 3.8) is 0 Å². The van der Waals surface area contributed by atoms with Gasteiger partial charge in [0.05, 0.1) is 0 Å².